The van der Waals surface area contributed by atoms with Crippen LogP contribution in [0.25, 0.3) is 0 Å². The number of carbonyl (C=O) groups is 1. The number of ether oxygens (including phenoxy) is 1. The summed E-state index contributed by atoms with van der Waals surface area (Å²) in [5.41, 5.74) is 4.54. The second-order valence-corrected chi connectivity index (χ2v) is 8.44. The Hall–Kier alpha value is -1.65. The van der Waals surface area contributed by atoms with E-state index in [2.05, 4.69) is 38.2 Å². The minimum Gasteiger partial charge on any atom is -0.496 e. The van der Waals surface area contributed by atoms with Crippen molar-refractivity contribution in [3.05, 3.63) is 63.7 Å². The van der Waals surface area contributed by atoms with Crippen molar-refractivity contribution >= 4 is 29.3 Å². The van der Waals surface area contributed by atoms with E-state index in [0.717, 1.165) is 38.8 Å². The van der Waals surface area contributed by atoms with Gasteiger partial charge in [-0.05, 0) is 66.3 Å². The first kappa shape index (κ1) is 21.6. The fraction of sp³-hybridized carbons (Fsp3) is 0.409. The molecule has 0 spiro atoms. The number of hydrogen-bond donors (Lipinski definition) is 1. The highest BCUT2D eigenvalue weighted by atomic mass is 35.5. The third-order valence-electron chi connectivity index (χ3n) is 4.48. The molecule has 0 aromatic heterocycles. The molecule has 0 aliphatic rings. The maximum atomic E-state index is 12.4. The van der Waals surface area contributed by atoms with Crippen LogP contribution < -0.4 is 10.1 Å². The summed E-state index contributed by atoms with van der Waals surface area (Å²) in [5, 5.41) is 3.84. The highest BCUT2D eigenvalue weighted by Gasteiger charge is 2.16. The fourth-order valence-corrected chi connectivity index (χ4v) is 4.06. The summed E-state index contributed by atoms with van der Waals surface area (Å²) in [6.07, 6.45) is 0. The molecule has 1 amide bonds. The number of carbonyl (C=O) groups excluding carboxylic acids is 1. The maximum absolute atomic E-state index is 12.4. The molecule has 0 saturated carbocycles. The van der Waals surface area contributed by atoms with Gasteiger partial charge in [0, 0.05) is 10.8 Å². The summed E-state index contributed by atoms with van der Waals surface area (Å²) >= 11 is 7.58. The van der Waals surface area contributed by atoms with Crippen LogP contribution >= 0.6 is 23.4 Å². The van der Waals surface area contributed by atoms with Gasteiger partial charge in [0.1, 0.15) is 5.75 Å². The molecule has 3 nitrogen and oxygen atoms in total. The van der Waals surface area contributed by atoms with Crippen molar-refractivity contribution in [2.24, 2.45) is 0 Å². The Morgan fingerprint density at radius 3 is 2.56 bits per heavy atom. The zero-order chi connectivity index (χ0) is 20.0. The van der Waals surface area contributed by atoms with Gasteiger partial charge in [0.2, 0.25) is 5.91 Å². The SMILES string of the molecule is COc1cc(C)c([C@@H](C)NC(=O)CSCc2cccc(Cl)c2)cc1C(C)C. The van der Waals surface area contributed by atoms with Crippen LogP contribution in [0.5, 0.6) is 5.75 Å². The molecule has 0 radical (unpaired) electrons. The molecule has 27 heavy (non-hydrogen) atoms. The van der Waals surface area contributed by atoms with Crippen molar-refractivity contribution in [1.29, 1.82) is 0 Å². The average molecular weight is 406 g/mol. The second-order valence-electron chi connectivity index (χ2n) is 7.02. The van der Waals surface area contributed by atoms with Crippen LogP contribution in [0, 0.1) is 6.92 Å². The summed E-state index contributed by atoms with van der Waals surface area (Å²) in [6.45, 7) is 8.37. The summed E-state index contributed by atoms with van der Waals surface area (Å²) < 4.78 is 5.51. The normalized spacial score (nSPS) is 12.1. The quantitative estimate of drug-likeness (QED) is 0.594. The van der Waals surface area contributed by atoms with Gasteiger partial charge >= 0.3 is 0 Å². The number of thioether (sulfide) groups is 1. The fourth-order valence-electron chi connectivity index (χ4n) is 3.06. The Balaban J connectivity index is 1.96. The molecule has 2 aromatic rings. The zero-order valence-corrected chi connectivity index (χ0v) is 18.2. The predicted octanol–water partition coefficient (Wildman–Crippen LogP) is 5.89. The molecule has 0 unspecified atom stereocenters. The van der Waals surface area contributed by atoms with Gasteiger partial charge in [-0.15, -0.1) is 11.8 Å². The molecule has 0 heterocycles. The first-order valence-corrected chi connectivity index (χ1v) is 10.6. The molecule has 2 aromatic carbocycles. The van der Waals surface area contributed by atoms with Gasteiger partial charge < -0.3 is 10.1 Å². The lowest BCUT2D eigenvalue weighted by molar-refractivity contribution is -0.119. The molecule has 2 rings (SSSR count). The largest absolute Gasteiger partial charge is 0.496 e. The van der Waals surface area contributed by atoms with Crippen molar-refractivity contribution in [1.82, 2.24) is 5.32 Å². The summed E-state index contributed by atoms with van der Waals surface area (Å²) in [7, 11) is 1.70. The van der Waals surface area contributed by atoms with E-state index in [4.69, 9.17) is 16.3 Å². The van der Waals surface area contributed by atoms with Crippen LogP contribution in [0.1, 0.15) is 55.0 Å². The molecule has 146 valence electrons. The van der Waals surface area contributed by atoms with Gasteiger partial charge in [-0.1, -0.05) is 37.6 Å². The van der Waals surface area contributed by atoms with Crippen LogP contribution in [0.2, 0.25) is 5.02 Å². The van der Waals surface area contributed by atoms with Crippen LogP contribution in [0.3, 0.4) is 0 Å². The van der Waals surface area contributed by atoms with Crippen molar-refractivity contribution in [2.75, 3.05) is 12.9 Å². The third-order valence-corrected chi connectivity index (χ3v) is 5.71. The number of methoxy groups -OCH3 is 1. The summed E-state index contributed by atoms with van der Waals surface area (Å²) in [4.78, 5) is 12.4. The van der Waals surface area contributed by atoms with Crippen molar-refractivity contribution in [3.8, 4) is 5.75 Å². The Labute approximate surface area is 171 Å². The maximum Gasteiger partial charge on any atom is 0.230 e. The van der Waals surface area contributed by atoms with Crippen molar-refractivity contribution in [3.63, 3.8) is 0 Å². The summed E-state index contributed by atoms with van der Waals surface area (Å²) in [5.74, 6) is 2.48. The molecule has 0 aliphatic heterocycles. The number of nitrogens with one attached hydrogen (secondary N) is 1. The van der Waals surface area contributed by atoms with E-state index in [1.54, 1.807) is 18.9 Å². The minimum absolute atomic E-state index is 0.0378. The van der Waals surface area contributed by atoms with Gasteiger partial charge in [-0.25, -0.2) is 0 Å². The number of aryl methyl sites for hydroxylation is 1. The van der Waals surface area contributed by atoms with E-state index in [1.807, 2.05) is 31.2 Å². The van der Waals surface area contributed by atoms with Gasteiger partial charge in [-0.2, -0.15) is 0 Å². The molecule has 0 fully saturated rings. The lowest BCUT2D eigenvalue weighted by Gasteiger charge is -2.21. The Bertz CT molecular complexity index is 792. The second kappa shape index (κ2) is 10.0. The van der Waals surface area contributed by atoms with Gasteiger partial charge in [0.05, 0.1) is 18.9 Å². The van der Waals surface area contributed by atoms with E-state index in [-0.39, 0.29) is 11.9 Å². The number of halogens is 1. The predicted molar refractivity (Wildman–Crippen MR) is 116 cm³/mol. The lowest BCUT2D eigenvalue weighted by Crippen LogP contribution is -2.28. The third kappa shape index (κ3) is 6.18. The molecular formula is C22H28ClNO2S. The summed E-state index contributed by atoms with van der Waals surface area (Å²) in [6, 6.07) is 11.9. The van der Waals surface area contributed by atoms with E-state index < -0.39 is 0 Å². The number of rotatable bonds is 8. The van der Waals surface area contributed by atoms with Crippen LogP contribution in [-0.2, 0) is 10.5 Å². The van der Waals surface area contributed by atoms with Crippen molar-refractivity contribution in [2.45, 2.75) is 45.4 Å². The Morgan fingerprint density at radius 2 is 1.93 bits per heavy atom. The molecule has 0 aliphatic carbocycles. The highest BCUT2D eigenvalue weighted by Crippen LogP contribution is 2.32. The molecule has 0 bridgehead atoms. The number of benzene rings is 2. The molecule has 5 heteroatoms. The first-order valence-electron chi connectivity index (χ1n) is 9.11. The zero-order valence-electron chi connectivity index (χ0n) is 16.6. The van der Waals surface area contributed by atoms with Gasteiger partial charge in [0.15, 0.2) is 0 Å². The average Bonchev–Trinajstić information content (AvgIpc) is 2.61. The first-order chi connectivity index (χ1) is 12.8. The molecule has 1 atom stereocenters. The molecule has 1 N–H and O–H groups in total. The number of amides is 1. The Morgan fingerprint density at radius 1 is 1.19 bits per heavy atom. The molecular weight excluding hydrogens is 378 g/mol. The van der Waals surface area contributed by atoms with Gasteiger partial charge in [-0.3, -0.25) is 4.79 Å². The van der Waals surface area contributed by atoms with E-state index in [1.165, 1.54) is 0 Å². The minimum atomic E-state index is -0.0484. The standard InChI is InChI=1S/C22H28ClNO2S/c1-14(2)19-11-20(15(3)9-21(19)26-5)16(4)24-22(25)13-27-12-17-7-6-8-18(23)10-17/h6-11,14,16H,12-13H2,1-5H3,(H,24,25)/t16-/m1/s1. The van der Waals surface area contributed by atoms with E-state index in [0.29, 0.717) is 11.7 Å². The molecule has 0 saturated heterocycles. The van der Waals surface area contributed by atoms with E-state index >= 15 is 0 Å². The Kier molecular flexibility index (Phi) is 8.06. The van der Waals surface area contributed by atoms with Crippen molar-refractivity contribution < 1.29 is 9.53 Å². The topological polar surface area (TPSA) is 38.3 Å². The smallest absolute Gasteiger partial charge is 0.230 e. The highest BCUT2D eigenvalue weighted by molar-refractivity contribution is 7.99. The van der Waals surface area contributed by atoms with Crippen LogP contribution in [-0.4, -0.2) is 18.8 Å². The van der Waals surface area contributed by atoms with Crippen LogP contribution in [0.15, 0.2) is 36.4 Å². The monoisotopic (exact) mass is 405 g/mol. The van der Waals surface area contributed by atoms with Crippen LogP contribution in [0.4, 0.5) is 0 Å². The lowest BCUT2D eigenvalue weighted by atomic mass is 9.93. The van der Waals surface area contributed by atoms with E-state index in [9.17, 15) is 4.79 Å². The van der Waals surface area contributed by atoms with Gasteiger partial charge in [0.25, 0.3) is 0 Å². The number of hydrogen-bond acceptors (Lipinski definition) is 3.